The number of hydrogen-bond donors (Lipinski definition) is 3. The Morgan fingerprint density at radius 3 is 2.77 bits per heavy atom. The Kier molecular flexibility index (Phi) is 4.21. The van der Waals surface area contributed by atoms with Crippen molar-refractivity contribution in [3.8, 4) is 11.3 Å². The van der Waals surface area contributed by atoms with Crippen LogP contribution in [0, 0.1) is 0 Å². The van der Waals surface area contributed by atoms with Crippen molar-refractivity contribution in [1.82, 2.24) is 10.3 Å². The van der Waals surface area contributed by atoms with Gasteiger partial charge in [0.15, 0.2) is 0 Å². The Hall–Kier alpha value is -2.59. The first-order valence-corrected chi connectivity index (χ1v) is 7.44. The van der Waals surface area contributed by atoms with Gasteiger partial charge in [-0.15, -0.1) is 0 Å². The zero-order valence-corrected chi connectivity index (χ0v) is 12.3. The Labute approximate surface area is 129 Å². The summed E-state index contributed by atoms with van der Waals surface area (Å²) in [6, 6.07) is 17.9. The maximum atomic E-state index is 12.1. The van der Waals surface area contributed by atoms with Crippen LogP contribution < -0.4 is 11.1 Å². The minimum absolute atomic E-state index is 0.0635. The molecule has 0 aliphatic carbocycles. The van der Waals surface area contributed by atoms with Crippen LogP contribution in [0.4, 0.5) is 0 Å². The number of aromatic nitrogens is 1. The maximum Gasteiger partial charge on any atom is 0.251 e. The van der Waals surface area contributed by atoms with Crippen molar-refractivity contribution in [2.45, 2.75) is 6.42 Å². The SMILES string of the molecule is NCCCNC(=O)c1cccc(-c2cc3ccccc3[nH]2)c1. The molecule has 22 heavy (non-hydrogen) atoms. The lowest BCUT2D eigenvalue weighted by Crippen LogP contribution is -2.25. The minimum Gasteiger partial charge on any atom is -0.355 e. The summed E-state index contributed by atoms with van der Waals surface area (Å²) in [4.78, 5) is 15.5. The van der Waals surface area contributed by atoms with E-state index in [1.165, 1.54) is 0 Å². The Bertz CT molecular complexity index is 759. The van der Waals surface area contributed by atoms with Gasteiger partial charge in [-0.1, -0.05) is 30.3 Å². The Morgan fingerprint density at radius 2 is 1.95 bits per heavy atom. The number of benzene rings is 2. The van der Waals surface area contributed by atoms with Crippen molar-refractivity contribution >= 4 is 16.8 Å². The van der Waals surface area contributed by atoms with Gasteiger partial charge in [0, 0.05) is 28.7 Å². The van der Waals surface area contributed by atoms with E-state index in [-0.39, 0.29) is 5.91 Å². The van der Waals surface area contributed by atoms with E-state index in [2.05, 4.69) is 22.4 Å². The minimum atomic E-state index is -0.0635. The summed E-state index contributed by atoms with van der Waals surface area (Å²) < 4.78 is 0. The highest BCUT2D eigenvalue weighted by Crippen LogP contribution is 2.24. The predicted molar refractivity (Wildman–Crippen MR) is 89.7 cm³/mol. The van der Waals surface area contributed by atoms with Crippen LogP contribution in [0.1, 0.15) is 16.8 Å². The molecule has 0 atom stereocenters. The average molecular weight is 293 g/mol. The topological polar surface area (TPSA) is 70.9 Å². The second-order valence-corrected chi connectivity index (χ2v) is 5.25. The number of aromatic amines is 1. The number of carbonyl (C=O) groups excluding carboxylic acids is 1. The quantitative estimate of drug-likeness (QED) is 0.633. The summed E-state index contributed by atoms with van der Waals surface area (Å²) in [7, 11) is 0. The van der Waals surface area contributed by atoms with Gasteiger partial charge in [0.1, 0.15) is 0 Å². The third kappa shape index (κ3) is 3.02. The molecule has 1 aromatic heterocycles. The molecule has 0 aliphatic rings. The largest absolute Gasteiger partial charge is 0.355 e. The summed E-state index contributed by atoms with van der Waals surface area (Å²) in [5, 5.41) is 4.04. The predicted octanol–water partition coefficient (Wildman–Crippen LogP) is 2.91. The molecule has 4 N–H and O–H groups in total. The standard InChI is InChI=1S/C18H19N3O/c19-9-4-10-20-18(22)15-7-3-6-13(11-15)17-12-14-5-1-2-8-16(14)21-17/h1-3,5-8,11-12,21H,4,9-10,19H2,(H,20,22). The lowest BCUT2D eigenvalue weighted by Gasteiger charge is -2.06. The van der Waals surface area contributed by atoms with Gasteiger partial charge in [0.25, 0.3) is 5.91 Å². The molecule has 4 heteroatoms. The molecule has 3 rings (SSSR count). The fourth-order valence-electron chi connectivity index (χ4n) is 2.46. The lowest BCUT2D eigenvalue weighted by atomic mass is 10.1. The first-order valence-electron chi connectivity index (χ1n) is 7.44. The summed E-state index contributed by atoms with van der Waals surface area (Å²) in [5.74, 6) is -0.0635. The number of para-hydroxylation sites is 1. The van der Waals surface area contributed by atoms with E-state index >= 15 is 0 Å². The van der Waals surface area contributed by atoms with Crippen LogP contribution in [0.3, 0.4) is 0 Å². The second-order valence-electron chi connectivity index (χ2n) is 5.25. The first kappa shape index (κ1) is 14.4. The maximum absolute atomic E-state index is 12.1. The van der Waals surface area contributed by atoms with E-state index in [0.29, 0.717) is 18.7 Å². The second kappa shape index (κ2) is 6.45. The van der Waals surface area contributed by atoms with E-state index in [0.717, 1.165) is 28.6 Å². The molecule has 0 aliphatic heterocycles. The van der Waals surface area contributed by atoms with E-state index in [1.54, 1.807) is 0 Å². The zero-order valence-electron chi connectivity index (χ0n) is 12.3. The van der Waals surface area contributed by atoms with E-state index < -0.39 is 0 Å². The normalized spacial score (nSPS) is 10.8. The van der Waals surface area contributed by atoms with Crippen LogP contribution in [-0.4, -0.2) is 24.0 Å². The molecular formula is C18H19N3O. The molecule has 0 saturated heterocycles. The molecule has 1 heterocycles. The third-order valence-corrected chi connectivity index (χ3v) is 3.63. The molecule has 3 aromatic rings. The van der Waals surface area contributed by atoms with Crippen molar-refractivity contribution in [3.63, 3.8) is 0 Å². The number of hydrogen-bond acceptors (Lipinski definition) is 2. The van der Waals surface area contributed by atoms with Crippen LogP contribution in [-0.2, 0) is 0 Å². The van der Waals surface area contributed by atoms with Gasteiger partial charge >= 0.3 is 0 Å². The fraction of sp³-hybridized carbons (Fsp3) is 0.167. The Balaban J connectivity index is 1.85. The van der Waals surface area contributed by atoms with Gasteiger partial charge in [0.05, 0.1) is 0 Å². The van der Waals surface area contributed by atoms with Gasteiger partial charge in [-0.05, 0) is 42.8 Å². The van der Waals surface area contributed by atoms with Gasteiger partial charge < -0.3 is 16.0 Å². The molecular weight excluding hydrogens is 274 g/mol. The highest BCUT2D eigenvalue weighted by molar-refractivity contribution is 5.95. The number of rotatable bonds is 5. The molecule has 0 unspecified atom stereocenters. The molecule has 0 radical (unpaired) electrons. The van der Waals surface area contributed by atoms with Gasteiger partial charge in [0.2, 0.25) is 0 Å². The summed E-state index contributed by atoms with van der Waals surface area (Å²) in [5.41, 5.74) is 9.20. The van der Waals surface area contributed by atoms with Crippen LogP contribution in [0.15, 0.2) is 54.6 Å². The molecule has 112 valence electrons. The van der Waals surface area contributed by atoms with Crippen molar-refractivity contribution < 1.29 is 4.79 Å². The van der Waals surface area contributed by atoms with Crippen LogP contribution >= 0.6 is 0 Å². The molecule has 0 fully saturated rings. The monoisotopic (exact) mass is 293 g/mol. The van der Waals surface area contributed by atoms with Gasteiger partial charge in [-0.25, -0.2) is 0 Å². The summed E-state index contributed by atoms with van der Waals surface area (Å²) >= 11 is 0. The number of H-pyrrole nitrogens is 1. The summed E-state index contributed by atoms with van der Waals surface area (Å²) in [6.45, 7) is 1.18. The third-order valence-electron chi connectivity index (χ3n) is 3.63. The van der Waals surface area contributed by atoms with E-state index in [4.69, 9.17) is 5.73 Å². The molecule has 0 spiro atoms. The first-order chi connectivity index (χ1) is 10.8. The highest BCUT2D eigenvalue weighted by Gasteiger charge is 2.08. The molecule has 4 nitrogen and oxygen atoms in total. The average Bonchev–Trinajstić information content (AvgIpc) is 2.99. The van der Waals surface area contributed by atoms with Crippen LogP contribution in [0.25, 0.3) is 22.2 Å². The fourth-order valence-corrected chi connectivity index (χ4v) is 2.46. The van der Waals surface area contributed by atoms with Crippen molar-refractivity contribution in [2.24, 2.45) is 5.73 Å². The highest BCUT2D eigenvalue weighted by atomic mass is 16.1. The zero-order chi connectivity index (χ0) is 15.4. The number of fused-ring (bicyclic) bond motifs is 1. The van der Waals surface area contributed by atoms with Gasteiger partial charge in [-0.2, -0.15) is 0 Å². The van der Waals surface area contributed by atoms with Gasteiger partial charge in [-0.3, -0.25) is 4.79 Å². The van der Waals surface area contributed by atoms with Crippen molar-refractivity contribution in [1.29, 1.82) is 0 Å². The van der Waals surface area contributed by atoms with E-state index in [9.17, 15) is 4.79 Å². The molecule has 0 saturated carbocycles. The Morgan fingerprint density at radius 1 is 1.09 bits per heavy atom. The number of nitrogens with one attached hydrogen (secondary N) is 2. The molecule has 1 amide bonds. The number of nitrogens with two attached hydrogens (primary N) is 1. The summed E-state index contributed by atoms with van der Waals surface area (Å²) in [6.07, 6.45) is 0.785. The van der Waals surface area contributed by atoms with Crippen LogP contribution in [0.2, 0.25) is 0 Å². The van der Waals surface area contributed by atoms with Crippen molar-refractivity contribution in [2.75, 3.05) is 13.1 Å². The molecule has 2 aromatic carbocycles. The number of amides is 1. The number of carbonyl (C=O) groups is 1. The molecule has 0 bridgehead atoms. The van der Waals surface area contributed by atoms with Crippen molar-refractivity contribution in [3.05, 3.63) is 60.2 Å². The van der Waals surface area contributed by atoms with E-state index in [1.807, 2.05) is 42.5 Å². The smallest absolute Gasteiger partial charge is 0.251 e. The van der Waals surface area contributed by atoms with Crippen LogP contribution in [0.5, 0.6) is 0 Å². The lowest BCUT2D eigenvalue weighted by molar-refractivity contribution is 0.0953.